The van der Waals surface area contributed by atoms with Crippen molar-refractivity contribution in [1.29, 1.82) is 0 Å². The number of anilines is 1. The van der Waals surface area contributed by atoms with E-state index in [2.05, 4.69) is 10.0 Å². The number of amides is 1. The van der Waals surface area contributed by atoms with Crippen LogP contribution in [0.2, 0.25) is 0 Å². The van der Waals surface area contributed by atoms with Gasteiger partial charge in [-0.05, 0) is 55.7 Å². The molecular formula is C21H26N2O5S. The van der Waals surface area contributed by atoms with E-state index >= 15 is 0 Å². The molecule has 0 aromatic heterocycles. The number of hydrogen-bond acceptors (Lipinski definition) is 5. The lowest BCUT2D eigenvalue weighted by atomic mass is 10.2. The van der Waals surface area contributed by atoms with Crippen LogP contribution in [0.4, 0.5) is 5.69 Å². The molecule has 8 heteroatoms. The van der Waals surface area contributed by atoms with Gasteiger partial charge in [0, 0.05) is 18.8 Å². The van der Waals surface area contributed by atoms with Gasteiger partial charge in [-0.1, -0.05) is 19.1 Å². The van der Waals surface area contributed by atoms with E-state index in [0.29, 0.717) is 30.2 Å². The van der Waals surface area contributed by atoms with E-state index in [4.69, 9.17) is 9.47 Å². The van der Waals surface area contributed by atoms with Gasteiger partial charge in [0.15, 0.2) is 0 Å². The Morgan fingerprint density at radius 3 is 2.62 bits per heavy atom. The molecule has 3 rings (SSSR count). The highest BCUT2D eigenvalue weighted by Gasteiger charge is 2.20. The molecule has 1 atom stereocenters. The summed E-state index contributed by atoms with van der Waals surface area (Å²) in [4.78, 5) is 12.7. The molecule has 7 nitrogen and oxygen atoms in total. The maximum absolute atomic E-state index is 12.6. The van der Waals surface area contributed by atoms with Gasteiger partial charge in [-0.2, -0.15) is 0 Å². The lowest BCUT2D eigenvalue weighted by Gasteiger charge is -2.13. The predicted octanol–water partition coefficient (Wildman–Crippen LogP) is 3.19. The van der Waals surface area contributed by atoms with Crippen LogP contribution in [0.15, 0.2) is 53.4 Å². The van der Waals surface area contributed by atoms with Gasteiger partial charge in [0.2, 0.25) is 10.0 Å². The van der Waals surface area contributed by atoms with E-state index in [1.807, 2.05) is 13.0 Å². The van der Waals surface area contributed by atoms with Crippen molar-refractivity contribution in [2.75, 3.05) is 25.1 Å². The first-order valence-corrected chi connectivity index (χ1v) is 11.2. The molecular weight excluding hydrogens is 392 g/mol. The van der Waals surface area contributed by atoms with Crippen molar-refractivity contribution in [3.63, 3.8) is 0 Å². The van der Waals surface area contributed by atoms with E-state index < -0.39 is 10.0 Å². The van der Waals surface area contributed by atoms with Crippen molar-refractivity contribution < 1.29 is 22.7 Å². The molecule has 0 spiro atoms. The highest BCUT2D eigenvalue weighted by atomic mass is 32.2. The van der Waals surface area contributed by atoms with Crippen molar-refractivity contribution in [3.8, 4) is 5.75 Å². The van der Waals surface area contributed by atoms with E-state index in [-0.39, 0.29) is 23.5 Å². The molecule has 0 saturated carbocycles. The van der Waals surface area contributed by atoms with Crippen molar-refractivity contribution in [2.45, 2.75) is 37.2 Å². The van der Waals surface area contributed by atoms with Crippen LogP contribution in [0.3, 0.4) is 0 Å². The van der Waals surface area contributed by atoms with Crippen LogP contribution in [0.1, 0.15) is 36.5 Å². The second-order valence-electron chi connectivity index (χ2n) is 6.81. The lowest BCUT2D eigenvalue weighted by Crippen LogP contribution is -2.31. The number of ether oxygens (including phenoxy) is 2. The summed E-state index contributed by atoms with van der Waals surface area (Å²) in [5.74, 6) is 0.202. The van der Waals surface area contributed by atoms with Gasteiger partial charge in [-0.15, -0.1) is 0 Å². The number of carbonyl (C=O) groups is 1. The summed E-state index contributed by atoms with van der Waals surface area (Å²) in [5.41, 5.74) is 0.925. The van der Waals surface area contributed by atoms with Gasteiger partial charge in [0.25, 0.3) is 5.91 Å². The Bertz CT molecular complexity index is 922. The lowest BCUT2D eigenvalue weighted by molar-refractivity contribution is 0.102. The zero-order valence-corrected chi connectivity index (χ0v) is 17.2. The average Bonchev–Trinajstić information content (AvgIpc) is 3.25. The molecule has 2 aromatic rings. The largest absolute Gasteiger partial charge is 0.493 e. The molecule has 0 bridgehead atoms. The summed E-state index contributed by atoms with van der Waals surface area (Å²) in [6.45, 7) is 3.45. The third-order valence-corrected chi connectivity index (χ3v) is 5.98. The monoisotopic (exact) mass is 418 g/mol. The Balaban J connectivity index is 1.63. The van der Waals surface area contributed by atoms with Gasteiger partial charge in [0.1, 0.15) is 5.75 Å². The third kappa shape index (κ3) is 5.79. The summed E-state index contributed by atoms with van der Waals surface area (Å²) < 4.78 is 38.5. The molecule has 2 aromatic carbocycles. The maximum Gasteiger partial charge on any atom is 0.259 e. The first kappa shape index (κ1) is 21.3. The molecule has 29 heavy (non-hydrogen) atoms. The highest BCUT2D eigenvalue weighted by Crippen LogP contribution is 2.21. The van der Waals surface area contributed by atoms with Crippen molar-refractivity contribution in [1.82, 2.24) is 4.72 Å². The summed E-state index contributed by atoms with van der Waals surface area (Å²) in [5, 5.41) is 2.78. The highest BCUT2D eigenvalue weighted by molar-refractivity contribution is 7.89. The number of rotatable bonds is 9. The van der Waals surface area contributed by atoms with Crippen LogP contribution >= 0.6 is 0 Å². The predicted molar refractivity (Wildman–Crippen MR) is 111 cm³/mol. The summed E-state index contributed by atoms with van der Waals surface area (Å²) >= 11 is 0. The molecule has 1 fully saturated rings. The Hall–Kier alpha value is -2.42. The summed E-state index contributed by atoms with van der Waals surface area (Å²) in [7, 11) is -3.62. The third-order valence-electron chi connectivity index (χ3n) is 4.54. The molecule has 0 aliphatic carbocycles. The van der Waals surface area contributed by atoms with Crippen molar-refractivity contribution in [2.24, 2.45) is 0 Å². The Kier molecular flexibility index (Phi) is 7.24. The fourth-order valence-electron chi connectivity index (χ4n) is 3.00. The number of hydrogen-bond donors (Lipinski definition) is 2. The Morgan fingerprint density at radius 1 is 1.17 bits per heavy atom. The molecule has 156 valence electrons. The van der Waals surface area contributed by atoms with Gasteiger partial charge < -0.3 is 14.8 Å². The quantitative estimate of drug-likeness (QED) is 0.652. The fraction of sp³-hybridized carbons (Fsp3) is 0.381. The standard InChI is InChI=1S/C21H26N2O5S/c1-2-13-28-20-8-4-3-7-19(20)21(24)23-16-9-11-18(12-10-16)29(25,26)22-15-17-6-5-14-27-17/h3-4,7-12,17,22H,2,5-6,13-15H2,1H3,(H,23,24). The average molecular weight is 419 g/mol. The van der Waals surface area contributed by atoms with Gasteiger partial charge in [-0.3, -0.25) is 4.79 Å². The SMILES string of the molecule is CCCOc1ccccc1C(=O)Nc1ccc(S(=O)(=O)NCC2CCCO2)cc1. The zero-order chi connectivity index (χ0) is 20.7. The molecule has 1 aliphatic rings. The van der Waals surface area contributed by atoms with E-state index in [9.17, 15) is 13.2 Å². The molecule has 2 N–H and O–H groups in total. The van der Waals surface area contributed by atoms with Gasteiger partial charge in [0.05, 0.1) is 23.2 Å². The fourth-order valence-corrected chi connectivity index (χ4v) is 4.07. The van der Waals surface area contributed by atoms with Crippen LogP contribution in [-0.4, -0.2) is 40.2 Å². The molecule has 1 heterocycles. The molecule has 1 saturated heterocycles. The van der Waals surface area contributed by atoms with Gasteiger partial charge in [-0.25, -0.2) is 13.1 Å². The second-order valence-corrected chi connectivity index (χ2v) is 8.58. The van der Waals surface area contributed by atoms with Crippen LogP contribution < -0.4 is 14.8 Å². The van der Waals surface area contributed by atoms with Gasteiger partial charge >= 0.3 is 0 Å². The molecule has 1 amide bonds. The number of carbonyl (C=O) groups excluding carboxylic acids is 1. The molecule has 1 unspecified atom stereocenters. The number of benzene rings is 2. The van der Waals surface area contributed by atoms with Crippen molar-refractivity contribution >= 4 is 21.6 Å². The van der Waals surface area contributed by atoms with Crippen LogP contribution in [0.5, 0.6) is 5.75 Å². The summed E-state index contributed by atoms with van der Waals surface area (Å²) in [6, 6.07) is 13.1. The van der Waals surface area contributed by atoms with E-state index in [0.717, 1.165) is 19.3 Å². The van der Waals surface area contributed by atoms with E-state index in [1.165, 1.54) is 12.1 Å². The van der Waals surface area contributed by atoms with E-state index in [1.54, 1.807) is 30.3 Å². The molecule has 1 aliphatic heterocycles. The minimum Gasteiger partial charge on any atom is -0.493 e. The second kappa shape index (κ2) is 9.87. The first-order chi connectivity index (χ1) is 14.0. The number of nitrogens with one attached hydrogen (secondary N) is 2. The molecule has 0 radical (unpaired) electrons. The zero-order valence-electron chi connectivity index (χ0n) is 16.4. The Morgan fingerprint density at radius 2 is 1.93 bits per heavy atom. The van der Waals surface area contributed by atoms with Crippen LogP contribution in [0.25, 0.3) is 0 Å². The summed E-state index contributed by atoms with van der Waals surface area (Å²) in [6.07, 6.45) is 2.58. The maximum atomic E-state index is 12.6. The number of para-hydroxylation sites is 1. The minimum absolute atomic E-state index is 0.0710. The van der Waals surface area contributed by atoms with Crippen LogP contribution in [-0.2, 0) is 14.8 Å². The first-order valence-electron chi connectivity index (χ1n) is 9.74. The normalized spacial score (nSPS) is 16.5. The van der Waals surface area contributed by atoms with Crippen molar-refractivity contribution in [3.05, 3.63) is 54.1 Å². The topological polar surface area (TPSA) is 93.7 Å². The Labute approximate surface area is 171 Å². The minimum atomic E-state index is -3.62. The number of sulfonamides is 1. The van der Waals surface area contributed by atoms with Crippen LogP contribution in [0, 0.1) is 0 Å². The smallest absolute Gasteiger partial charge is 0.259 e.